The van der Waals surface area contributed by atoms with Crippen LogP contribution in [0.2, 0.25) is 0 Å². The number of rotatable bonds is 4. The number of nitrogens with zero attached hydrogens (tertiary/aromatic N) is 4. The number of anilines is 1. The molecule has 0 spiro atoms. The standard InChI is InChI=1S/C20H20F3N5O/c1-19(29)7-13(8-19)25-18-27-26-17(16-9-24-10-28(16)18)14-5-4-12(20(21,22)23)6-15(14)11-2-3-11/h4-6,9-11,13,29H,2-3,7-8H2,1H3,(H,25,27). The van der Waals surface area contributed by atoms with Crippen molar-refractivity contribution in [1.29, 1.82) is 0 Å². The second-order valence-electron chi connectivity index (χ2n) is 8.34. The number of benzene rings is 1. The maximum Gasteiger partial charge on any atom is 0.416 e. The maximum absolute atomic E-state index is 13.2. The first-order valence-electron chi connectivity index (χ1n) is 9.60. The first-order valence-corrected chi connectivity index (χ1v) is 9.60. The molecule has 0 amide bonds. The molecular weight excluding hydrogens is 383 g/mol. The molecule has 0 atom stereocenters. The van der Waals surface area contributed by atoms with E-state index in [4.69, 9.17) is 0 Å². The molecule has 0 aliphatic heterocycles. The Bertz CT molecular complexity index is 1080. The van der Waals surface area contributed by atoms with Gasteiger partial charge in [0.05, 0.1) is 22.9 Å². The van der Waals surface area contributed by atoms with Gasteiger partial charge in [0.2, 0.25) is 5.95 Å². The molecule has 2 saturated carbocycles. The summed E-state index contributed by atoms with van der Waals surface area (Å²) in [6.07, 6.45) is 1.83. The molecule has 0 unspecified atom stereocenters. The van der Waals surface area contributed by atoms with E-state index in [9.17, 15) is 18.3 Å². The monoisotopic (exact) mass is 403 g/mol. The third-order valence-corrected chi connectivity index (χ3v) is 5.71. The Morgan fingerprint density at radius 2 is 1.97 bits per heavy atom. The van der Waals surface area contributed by atoms with Gasteiger partial charge in [-0.2, -0.15) is 13.2 Å². The molecule has 3 aromatic rings. The van der Waals surface area contributed by atoms with E-state index in [1.54, 1.807) is 23.8 Å². The van der Waals surface area contributed by atoms with Crippen LogP contribution in [0.1, 0.15) is 49.7 Å². The fourth-order valence-corrected chi connectivity index (χ4v) is 4.10. The molecular formula is C20H20F3N5O. The number of hydrogen-bond acceptors (Lipinski definition) is 5. The van der Waals surface area contributed by atoms with E-state index in [-0.39, 0.29) is 12.0 Å². The van der Waals surface area contributed by atoms with Crippen molar-refractivity contribution in [3.05, 3.63) is 41.9 Å². The summed E-state index contributed by atoms with van der Waals surface area (Å²) in [5, 5.41) is 21.8. The van der Waals surface area contributed by atoms with E-state index in [1.165, 1.54) is 12.1 Å². The first kappa shape index (κ1) is 18.4. The third-order valence-electron chi connectivity index (χ3n) is 5.71. The van der Waals surface area contributed by atoms with E-state index < -0.39 is 17.3 Å². The zero-order valence-electron chi connectivity index (χ0n) is 15.7. The maximum atomic E-state index is 13.2. The number of aromatic nitrogens is 4. The van der Waals surface area contributed by atoms with Gasteiger partial charge < -0.3 is 10.4 Å². The number of alkyl halides is 3. The van der Waals surface area contributed by atoms with Gasteiger partial charge in [0.25, 0.3) is 0 Å². The van der Waals surface area contributed by atoms with Crippen LogP contribution in [0.25, 0.3) is 16.8 Å². The summed E-state index contributed by atoms with van der Waals surface area (Å²) >= 11 is 0. The number of imidazole rings is 1. The molecule has 1 aromatic carbocycles. The zero-order valence-corrected chi connectivity index (χ0v) is 15.7. The highest BCUT2D eigenvalue weighted by Crippen LogP contribution is 2.46. The van der Waals surface area contributed by atoms with Gasteiger partial charge in [-0.15, -0.1) is 10.2 Å². The number of aliphatic hydroxyl groups is 1. The van der Waals surface area contributed by atoms with Crippen LogP contribution in [0.15, 0.2) is 30.7 Å². The molecule has 2 aliphatic rings. The molecule has 0 radical (unpaired) electrons. The Hall–Kier alpha value is -2.68. The number of fused-ring (bicyclic) bond motifs is 1. The number of hydrogen-bond donors (Lipinski definition) is 2. The van der Waals surface area contributed by atoms with E-state index in [0.29, 0.717) is 41.1 Å². The smallest absolute Gasteiger partial charge is 0.390 e. The highest BCUT2D eigenvalue weighted by molar-refractivity contribution is 5.80. The van der Waals surface area contributed by atoms with Crippen LogP contribution in [0, 0.1) is 0 Å². The van der Waals surface area contributed by atoms with Crippen LogP contribution in [0.3, 0.4) is 0 Å². The van der Waals surface area contributed by atoms with Gasteiger partial charge in [-0.3, -0.25) is 4.40 Å². The van der Waals surface area contributed by atoms with Crippen molar-refractivity contribution < 1.29 is 18.3 Å². The van der Waals surface area contributed by atoms with Crippen LogP contribution < -0.4 is 5.32 Å². The molecule has 152 valence electrons. The van der Waals surface area contributed by atoms with E-state index in [0.717, 1.165) is 18.9 Å². The van der Waals surface area contributed by atoms with Crippen molar-refractivity contribution in [3.8, 4) is 11.3 Å². The van der Waals surface area contributed by atoms with Crippen LogP contribution in [0.4, 0.5) is 19.1 Å². The summed E-state index contributed by atoms with van der Waals surface area (Å²) in [6.45, 7) is 1.79. The van der Waals surface area contributed by atoms with Gasteiger partial charge >= 0.3 is 6.18 Å². The van der Waals surface area contributed by atoms with Crippen molar-refractivity contribution in [2.75, 3.05) is 5.32 Å². The summed E-state index contributed by atoms with van der Waals surface area (Å²) in [4.78, 5) is 4.19. The predicted molar refractivity (Wildman–Crippen MR) is 100 cm³/mol. The molecule has 2 aliphatic carbocycles. The SMILES string of the molecule is CC1(O)CC(Nc2nnc(-c3ccc(C(F)(F)F)cc3C3CC3)c3cncn23)C1. The Kier molecular flexibility index (Phi) is 3.90. The lowest BCUT2D eigenvalue weighted by molar-refractivity contribution is -0.137. The minimum atomic E-state index is -4.38. The molecule has 2 N–H and O–H groups in total. The van der Waals surface area contributed by atoms with Crippen molar-refractivity contribution in [1.82, 2.24) is 19.6 Å². The highest BCUT2D eigenvalue weighted by atomic mass is 19.4. The molecule has 9 heteroatoms. The Morgan fingerprint density at radius 3 is 2.62 bits per heavy atom. The minimum Gasteiger partial charge on any atom is -0.390 e. The van der Waals surface area contributed by atoms with Crippen LogP contribution >= 0.6 is 0 Å². The van der Waals surface area contributed by atoms with Gasteiger partial charge in [0.1, 0.15) is 12.0 Å². The Balaban J connectivity index is 1.55. The number of nitrogens with one attached hydrogen (secondary N) is 1. The second-order valence-corrected chi connectivity index (χ2v) is 8.34. The molecule has 6 nitrogen and oxygen atoms in total. The summed E-state index contributed by atoms with van der Waals surface area (Å²) in [5.41, 5.74) is 1.21. The van der Waals surface area contributed by atoms with Gasteiger partial charge in [-0.25, -0.2) is 4.98 Å². The molecule has 0 bridgehead atoms. The first-order chi connectivity index (χ1) is 13.7. The largest absolute Gasteiger partial charge is 0.416 e. The third kappa shape index (κ3) is 3.33. The molecule has 2 fully saturated rings. The molecule has 29 heavy (non-hydrogen) atoms. The van der Waals surface area contributed by atoms with Crippen LogP contribution in [-0.2, 0) is 6.18 Å². The molecule has 2 heterocycles. The Morgan fingerprint density at radius 1 is 1.21 bits per heavy atom. The lowest BCUT2D eigenvalue weighted by Crippen LogP contribution is -2.48. The quantitative estimate of drug-likeness (QED) is 0.688. The highest BCUT2D eigenvalue weighted by Gasteiger charge is 2.39. The Labute approximate surface area is 164 Å². The van der Waals surface area contributed by atoms with Gasteiger partial charge in [0.15, 0.2) is 0 Å². The average Bonchev–Trinajstić information content (AvgIpc) is 3.35. The average molecular weight is 403 g/mol. The summed E-state index contributed by atoms with van der Waals surface area (Å²) in [5.74, 6) is 0.619. The summed E-state index contributed by atoms with van der Waals surface area (Å²) in [6, 6.07) is 3.91. The molecule has 5 rings (SSSR count). The van der Waals surface area contributed by atoms with Crippen LogP contribution in [0.5, 0.6) is 0 Å². The van der Waals surface area contributed by atoms with E-state index >= 15 is 0 Å². The minimum absolute atomic E-state index is 0.0869. The number of halogens is 3. The lowest BCUT2D eigenvalue weighted by atomic mass is 9.77. The normalized spacial score (nSPS) is 24.5. The second kappa shape index (κ2) is 6.16. The van der Waals surface area contributed by atoms with E-state index in [2.05, 4.69) is 20.5 Å². The summed E-state index contributed by atoms with van der Waals surface area (Å²) < 4.78 is 41.3. The predicted octanol–water partition coefficient (Wildman–Crippen LogP) is 4.01. The fraction of sp³-hybridized carbons (Fsp3) is 0.450. The molecule has 0 saturated heterocycles. The van der Waals surface area contributed by atoms with Gasteiger partial charge in [-0.1, -0.05) is 6.07 Å². The molecule has 2 aromatic heterocycles. The van der Waals surface area contributed by atoms with E-state index in [1.807, 2.05) is 0 Å². The fourth-order valence-electron chi connectivity index (χ4n) is 4.10. The van der Waals surface area contributed by atoms with Gasteiger partial charge in [0, 0.05) is 11.6 Å². The zero-order chi connectivity index (χ0) is 20.4. The van der Waals surface area contributed by atoms with Crippen LogP contribution in [-0.4, -0.2) is 36.3 Å². The summed E-state index contributed by atoms with van der Waals surface area (Å²) in [7, 11) is 0. The van der Waals surface area contributed by atoms with Crippen molar-refractivity contribution in [3.63, 3.8) is 0 Å². The van der Waals surface area contributed by atoms with Gasteiger partial charge in [-0.05, 0) is 56.2 Å². The van der Waals surface area contributed by atoms with Crippen molar-refractivity contribution >= 4 is 11.5 Å². The topological polar surface area (TPSA) is 75.3 Å². The lowest BCUT2D eigenvalue weighted by Gasteiger charge is -2.41. The van der Waals surface area contributed by atoms with Crippen molar-refractivity contribution in [2.45, 2.75) is 56.3 Å². The van der Waals surface area contributed by atoms with Crippen molar-refractivity contribution in [2.24, 2.45) is 0 Å².